The fourth-order valence-corrected chi connectivity index (χ4v) is 1.08. The lowest BCUT2D eigenvalue weighted by Gasteiger charge is -2.02. The first kappa shape index (κ1) is 7.16. The lowest BCUT2D eigenvalue weighted by molar-refractivity contribution is 0.0882. The summed E-state index contributed by atoms with van der Waals surface area (Å²) in [5, 5.41) is 9.31. The zero-order valence-corrected chi connectivity index (χ0v) is 6.53. The van der Waals surface area contributed by atoms with Crippen molar-refractivity contribution in [3.63, 3.8) is 0 Å². The van der Waals surface area contributed by atoms with Gasteiger partial charge in [-0.25, -0.2) is 0 Å². The molecule has 0 unspecified atom stereocenters. The maximum Gasteiger partial charge on any atom is 0.257 e. The Labute approximate surface area is 70.2 Å². The van der Waals surface area contributed by atoms with E-state index in [-0.39, 0.29) is 11.7 Å². The Morgan fingerprint density at radius 2 is 2.00 bits per heavy atom. The van der Waals surface area contributed by atoms with Crippen molar-refractivity contribution in [1.82, 2.24) is 4.90 Å². The van der Waals surface area contributed by atoms with E-state index >= 15 is 0 Å². The first-order valence-electron chi connectivity index (χ1n) is 3.86. The molecule has 0 radical (unpaired) electrons. The average Bonchev–Trinajstić information content (AvgIpc) is 2.86. The number of hydrogen-bond donors (Lipinski definition) is 1. The van der Waals surface area contributed by atoms with E-state index in [0.717, 1.165) is 13.1 Å². The molecule has 1 fully saturated rings. The van der Waals surface area contributed by atoms with E-state index in [1.807, 2.05) is 0 Å². The number of nitrogens with zero attached hydrogens (tertiary/aromatic N) is 1. The molecule has 0 saturated carbocycles. The molecule has 1 N–H and O–H groups in total. The Kier molecular flexibility index (Phi) is 1.50. The van der Waals surface area contributed by atoms with Gasteiger partial charge in [0.25, 0.3) is 5.91 Å². The first-order chi connectivity index (χ1) is 5.79. The smallest absolute Gasteiger partial charge is 0.257 e. The highest BCUT2D eigenvalue weighted by atomic mass is 16.3. The third-order valence-electron chi connectivity index (χ3n) is 1.87. The number of amides is 1. The van der Waals surface area contributed by atoms with Gasteiger partial charge in [0.1, 0.15) is 5.75 Å². The third-order valence-corrected chi connectivity index (χ3v) is 1.87. The van der Waals surface area contributed by atoms with E-state index in [1.165, 1.54) is 6.07 Å². The fraction of sp³-hybridized carbons (Fsp3) is 0.222. The largest absolute Gasteiger partial charge is 0.507 e. The summed E-state index contributed by atoms with van der Waals surface area (Å²) in [6, 6.07) is 6.61. The van der Waals surface area contributed by atoms with Crippen LogP contribution in [-0.4, -0.2) is 29.0 Å². The molecule has 1 heterocycles. The molecule has 1 saturated heterocycles. The average molecular weight is 163 g/mol. The molecule has 12 heavy (non-hydrogen) atoms. The Balaban J connectivity index is 2.32. The van der Waals surface area contributed by atoms with E-state index in [1.54, 1.807) is 23.1 Å². The molecule has 62 valence electrons. The highest BCUT2D eigenvalue weighted by molar-refractivity contribution is 5.97. The van der Waals surface area contributed by atoms with Gasteiger partial charge >= 0.3 is 0 Å². The summed E-state index contributed by atoms with van der Waals surface area (Å²) in [7, 11) is 0. The van der Waals surface area contributed by atoms with Crippen LogP contribution in [0.4, 0.5) is 0 Å². The Morgan fingerprint density at radius 3 is 2.58 bits per heavy atom. The molecule has 0 bridgehead atoms. The molecular formula is C9H9NO2. The third kappa shape index (κ3) is 1.13. The zero-order chi connectivity index (χ0) is 8.55. The molecule has 3 nitrogen and oxygen atoms in total. The number of hydrogen-bond acceptors (Lipinski definition) is 2. The van der Waals surface area contributed by atoms with Crippen molar-refractivity contribution in [1.29, 1.82) is 0 Å². The maximum absolute atomic E-state index is 11.4. The number of aromatic hydroxyl groups is 1. The number of para-hydroxylation sites is 1. The van der Waals surface area contributed by atoms with Gasteiger partial charge in [-0.2, -0.15) is 0 Å². The Morgan fingerprint density at radius 1 is 1.33 bits per heavy atom. The van der Waals surface area contributed by atoms with Crippen LogP contribution >= 0.6 is 0 Å². The number of phenolic OH excluding ortho intramolecular Hbond substituents is 1. The van der Waals surface area contributed by atoms with Gasteiger partial charge < -0.3 is 10.0 Å². The second-order valence-corrected chi connectivity index (χ2v) is 2.81. The van der Waals surface area contributed by atoms with Gasteiger partial charge in [0.05, 0.1) is 5.56 Å². The highest BCUT2D eigenvalue weighted by Crippen LogP contribution is 2.20. The van der Waals surface area contributed by atoms with Crippen LogP contribution in [0.2, 0.25) is 0 Å². The predicted octanol–water partition coefficient (Wildman–Crippen LogP) is 0.848. The van der Waals surface area contributed by atoms with Crippen molar-refractivity contribution in [2.45, 2.75) is 0 Å². The van der Waals surface area contributed by atoms with E-state index < -0.39 is 0 Å². The molecule has 1 aromatic carbocycles. The quantitative estimate of drug-likeness (QED) is 0.623. The number of phenols is 1. The summed E-state index contributed by atoms with van der Waals surface area (Å²) in [5.41, 5.74) is 0.398. The molecule has 1 aromatic rings. The molecule has 2 rings (SSSR count). The van der Waals surface area contributed by atoms with Crippen LogP contribution in [0.15, 0.2) is 24.3 Å². The summed E-state index contributed by atoms with van der Waals surface area (Å²) in [4.78, 5) is 13.1. The van der Waals surface area contributed by atoms with Gasteiger partial charge in [0.2, 0.25) is 0 Å². The molecule has 3 heteroatoms. The molecule has 1 aliphatic heterocycles. The topological polar surface area (TPSA) is 40.3 Å². The number of carbonyl (C=O) groups is 1. The normalized spacial score (nSPS) is 14.5. The Bertz CT molecular complexity index is 318. The van der Waals surface area contributed by atoms with Crippen LogP contribution in [0.5, 0.6) is 5.75 Å². The van der Waals surface area contributed by atoms with Crippen LogP contribution < -0.4 is 0 Å². The fourth-order valence-electron chi connectivity index (χ4n) is 1.08. The van der Waals surface area contributed by atoms with Gasteiger partial charge in [-0.1, -0.05) is 12.1 Å². The summed E-state index contributed by atoms with van der Waals surface area (Å²) in [6.45, 7) is 1.63. The minimum absolute atomic E-state index is 0.0643. The van der Waals surface area contributed by atoms with Crippen LogP contribution in [0.1, 0.15) is 10.4 Å². The lowest BCUT2D eigenvalue weighted by atomic mass is 10.2. The van der Waals surface area contributed by atoms with Gasteiger partial charge in [-0.15, -0.1) is 0 Å². The molecule has 0 aliphatic carbocycles. The van der Waals surface area contributed by atoms with Gasteiger partial charge in [-0.05, 0) is 12.1 Å². The van der Waals surface area contributed by atoms with Crippen LogP contribution in [0.3, 0.4) is 0 Å². The van der Waals surface area contributed by atoms with Crippen LogP contribution in [0, 0.1) is 0 Å². The molecular weight excluding hydrogens is 154 g/mol. The van der Waals surface area contributed by atoms with Crippen molar-refractivity contribution < 1.29 is 9.90 Å². The van der Waals surface area contributed by atoms with Crippen molar-refractivity contribution >= 4 is 5.91 Å². The SMILES string of the molecule is O=C(c1ccccc1O)N1CC1. The van der Waals surface area contributed by atoms with E-state index in [0.29, 0.717) is 5.56 Å². The zero-order valence-electron chi connectivity index (χ0n) is 6.53. The monoisotopic (exact) mass is 163 g/mol. The van der Waals surface area contributed by atoms with E-state index in [4.69, 9.17) is 0 Å². The molecule has 0 aromatic heterocycles. The van der Waals surface area contributed by atoms with Crippen molar-refractivity contribution in [3.05, 3.63) is 29.8 Å². The van der Waals surface area contributed by atoms with Crippen LogP contribution in [-0.2, 0) is 0 Å². The number of carbonyl (C=O) groups excluding carboxylic acids is 1. The maximum atomic E-state index is 11.4. The number of rotatable bonds is 1. The van der Waals surface area contributed by atoms with Crippen molar-refractivity contribution in [2.24, 2.45) is 0 Å². The lowest BCUT2D eigenvalue weighted by Crippen LogP contribution is -2.10. The highest BCUT2D eigenvalue weighted by Gasteiger charge is 2.26. The van der Waals surface area contributed by atoms with Gasteiger partial charge in [0, 0.05) is 13.1 Å². The van der Waals surface area contributed by atoms with Crippen molar-refractivity contribution in [3.8, 4) is 5.75 Å². The van der Waals surface area contributed by atoms with E-state index in [2.05, 4.69) is 0 Å². The van der Waals surface area contributed by atoms with Gasteiger partial charge in [0.15, 0.2) is 0 Å². The molecule has 1 aliphatic rings. The van der Waals surface area contributed by atoms with Crippen molar-refractivity contribution in [2.75, 3.05) is 13.1 Å². The minimum atomic E-state index is -0.0758. The summed E-state index contributed by atoms with van der Waals surface area (Å²) < 4.78 is 0. The molecule has 0 spiro atoms. The first-order valence-corrected chi connectivity index (χ1v) is 3.86. The second kappa shape index (κ2) is 2.52. The van der Waals surface area contributed by atoms with E-state index in [9.17, 15) is 9.90 Å². The summed E-state index contributed by atoms with van der Waals surface area (Å²) >= 11 is 0. The standard InChI is InChI=1S/C9H9NO2/c11-8-4-2-1-3-7(8)9(12)10-5-6-10/h1-4,11H,5-6H2. The summed E-state index contributed by atoms with van der Waals surface area (Å²) in [6.07, 6.45) is 0. The van der Waals surface area contributed by atoms with Gasteiger partial charge in [-0.3, -0.25) is 4.79 Å². The Hall–Kier alpha value is -1.51. The molecule has 0 atom stereocenters. The summed E-state index contributed by atoms with van der Waals surface area (Å²) in [5.74, 6) is -0.0116. The molecule has 1 amide bonds. The second-order valence-electron chi connectivity index (χ2n) is 2.81. The van der Waals surface area contributed by atoms with Crippen LogP contribution in [0.25, 0.3) is 0 Å². The minimum Gasteiger partial charge on any atom is -0.507 e. The number of benzene rings is 1. The predicted molar refractivity (Wildman–Crippen MR) is 44.0 cm³/mol.